The summed E-state index contributed by atoms with van der Waals surface area (Å²) in [6.45, 7) is 2.04. The third-order valence-electron chi connectivity index (χ3n) is 4.12. The van der Waals surface area contributed by atoms with E-state index in [1.807, 2.05) is 36.7 Å². The lowest BCUT2D eigenvalue weighted by molar-refractivity contribution is 1.21. The Bertz CT molecular complexity index is 1130. The average molecular weight is 363 g/mol. The second-order valence-electron chi connectivity index (χ2n) is 5.71. The van der Waals surface area contributed by atoms with Crippen LogP contribution in [0.4, 0.5) is 0 Å². The van der Waals surface area contributed by atoms with Gasteiger partial charge >= 0.3 is 0 Å². The minimum atomic E-state index is 0.751. The Morgan fingerprint density at radius 2 is 2.00 bits per heavy atom. The average Bonchev–Trinajstić information content (AvgIpc) is 3.39. The zero-order valence-electron chi connectivity index (χ0n) is 13.4. The molecular formula is C18H13N5S2. The smallest absolute Gasteiger partial charge is 0.194 e. The van der Waals surface area contributed by atoms with E-state index in [1.165, 1.54) is 0 Å². The minimum Gasteiger partial charge on any atom is -0.288 e. The lowest BCUT2D eigenvalue weighted by atomic mass is 10.1. The van der Waals surface area contributed by atoms with Gasteiger partial charge in [-0.25, -0.2) is 9.97 Å². The number of imidazole rings is 1. The Morgan fingerprint density at radius 3 is 2.80 bits per heavy atom. The molecular weight excluding hydrogens is 350 g/mol. The first-order valence-electron chi connectivity index (χ1n) is 7.89. The van der Waals surface area contributed by atoms with Crippen LogP contribution in [0.2, 0.25) is 0 Å². The van der Waals surface area contributed by atoms with Crippen molar-refractivity contribution in [2.75, 3.05) is 0 Å². The molecule has 0 spiro atoms. The summed E-state index contributed by atoms with van der Waals surface area (Å²) in [5, 5.41) is 11.3. The van der Waals surface area contributed by atoms with Crippen molar-refractivity contribution in [3.05, 3.63) is 52.5 Å². The van der Waals surface area contributed by atoms with Gasteiger partial charge in [-0.3, -0.25) is 4.40 Å². The molecule has 0 saturated heterocycles. The highest BCUT2D eigenvalue weighted by molar-refractivity contribution is 7.17. The minimum absolute atomic E-state index is 0.751. The van der Waals surface area contributed by atoms with Crippen LogP contribution >= 0.6 is 22.7 Å². The van der Waals surface area contributed by atoms with E-state index in [9.17, 15) is 0 Å². The molecule has 5 nitrogen and oxygen atoms in total. The van der Waals surface area contributed by atoms with Gasteiger partial charge in [-0.1, -0.05) is 30.3 Å². The fourth-order valence-electron chi connectivity index (χ4n) is 2.98. The summed E-state index contributed by atoms with van der Waals surface area (Å²) < 4.78 is 2.12. The fraction of sp³-hybridized carbons (Fsp3) is 0.111. The number of rotatable bonds is 3. The number of hydrogen-bond acceptors (Lipinski definition) is 6. The zero-order chi connectivity index (χ0) is 16.8. The Kier molecular flexibility index (Phi) is 3.36. The third-order valence-corrected chi connectivity index (χ3v) is 5.99. The molecule has 5 rings (SSSR count). The molecule has 4 heterocycles. The molecule has 1 aliphatic heterocycles. The normalized spacial score (nSPS) is 13.7. The van der Waals surface area contributed by atoms with Crippen molar-refractivity contribution in [1.82, 2.24) is 14.4 Å². The Morgan fingerprint density at radius 1 is 1.12 bits per heavy atom. The van der Waals surface area contributed by atoms with Gasteiger partial charge in [0.1, 0.15) is 10.7 Å². The second-order valence-corrected chi connectivity index (χ2v) is 7.59. The molecule has 25 heavy (non-hydrogen) atoms. The number of fused-ring (bicyclic) bond motifs is 1. The summed E-state index contributed by atoms with van der Waals surface area (Å²) in [7, 11) is 0. The predicted octanol–water partition coefficient (Wildman–Crippen LogP) is 4.67. The summed E-state index contributed by atoms with van der Waals surface area (Å²) in [5.41, 5.74) is 5.10. The first kappa shape index (κ1) is 14.7. The van der Waals surface area contributed by atoms with Gasteiger partial charge in [-0.15, -0.1) is 22.7 Å². The second kappa shape index (κ2) is 5.72. The van der Waals surface area contributed by atoms with E-state index in [0.717, 1.165) is 49.6 Å². The van der Waals surface area contributed by atoms with Crippen molar-refractivity contribution >= 4 is 39.6 Å². The van der Waals surface area contributed by atoms with Gasteiger partial charge in [0.25, 0.3) is 0 Å². The molecule has 1 aromatic carbocycles. The molecule has 0 unspecified atom stereocenters. The van der Waals surface area contributed by atoms with Crippen molar-refractivity contribution in [1.29, 1.82) is 0 Å². The number of thiazole rings is 2. The van der Waals surface area contributed by atoms with Gasteiger partial charge in [0.2, 0.25) is 0 Å². The Balaban J connectivity index is 1.74. The quantitative estimate of drug-likeness (QED) is 0.531. The molecule has 0 saturated carbocycles. The molecule has 3 aromatic heterocycles. The monoisotopic (exact) mass is 363 g/mol. The molecule has 0 N–H and O–H groups in total. The van der Waals surface area contributed by atoms with Gasteiger partial charge in [-0.2, -0.15) is 10.2 Å². The lowest BCUT2D eigenvalue weighted by Gasteiger charge is -2.00. The van der Waals surface area contributed by atoms with Crippen LogP contribution in [0.5, 0.6) is 0 Å². The molecule has 0 fully saturated rings. The van der Waals surface area contributed by atoms with Crippen LogP contribution in [0.25, 0.3) is 26.9 Å². The number of aryl methyl sites for hydroxylation is 1. The van der Waals surface area contributed by atoms with E-state index in [4.69, 9.17) is 4.98 Å². The van der Waals surface area contributed by atoms with E-state index in [0.29, 0.717) is 0 Å². The summed E-state index contributed by atoms with van der Waals surface area (Å²) in [4.78, 5) is 11.7. The molecule has 0 atom stereocenters. The van der Waals surface area contributed by atoms with E-state index in [-0.39, 0.29) is 0 Å². The summed E-state index contributed by atoms with van der Waals surface area (Å²) in [6.07, 6.45) is 4.64. The third kappa shape index (κ3) is 2.35. The van der Waals surface area contributed by atoms with E-state index < -0.39 is 0 Å². The maximum atomic E-state index is 4.98. The highest BCUT2D eigenvalue weighted by atomic mass is 32.1. The van der Waals surface area contributed by atoms with Crippen LogP contribution < -0.4 is 0 Å². The SMILES string of the molecule is Cc1nc2sccn2c1-c1nc(-c2ccccc2)c(C2=NN=CC2)s1. The zero-order valence-corrected chi connectivity index (χ0v) is 15.0. The molecule has 1 aliphatic rings. The number of hydrogen-bond donors (Lipinski definition) is 0. The largest absolute Gasteiger partial charge is 0.288 e. The van der Waals surface area contributed by atoms with E-state index >= 15 is 0 Å². The summed E-state index contributed by atoms with van der Waals surface area (Å²) in [6, 6.07) is 10.3. The molecule has 7 heteroatoms. The van der Waals surface area contributed by atoms with Crippen LogP contribution in [0, 0.1) is 6.92 Å². The van der Waals surface area contributed by atoms with Crippen LogP contribution in [-0.4, -0.2) is 26.3 Å². The summed E-state index contributed by atoms with van der Waals surface area (Å²) >= 11 is 3.30. The highest BCUT2D eigenvalue weighted by Crippen LogP contribution is 2.37. The number of benzene rings is 1. The summed E-state index contributed by atoms with van der Waals surface area (Å²) in [5.74, 6) is 0. The van der Waals surface area contributed by atoms with Crippen molar-refractivity contribution in [3.8, 4) is 22.0 Å². The van der Waals surface area contributed by atoms with Gasteiger partial charge in [0, 0.05) is 29.8 Å². The maximum Gasteiger partial charge on any atom is 0.194 e. The van der Waals surface area contributed by atoms with Crippen LogP contribution in [0.3, 0.4) is 0 Å². The molecule has 0 aliphatic carbocycles. The van der Waals surface area contributed by atoms with Gasteiger partial charge < -0.3 is 0 Å². The highest BCUT2D eigenvalue weighted by Gasteiger charge is 2.23. The predicted molar refractivity (Wildman–Crippen MR) is 104 cm³/mol. The molecule has 0 bridgehead atoms. The Labute approximate surface area is 152 Å². The van der Waals surface area contributed by atoms with Crippen LogP contribution in [-0.2, 0) is 0 Å². The van der Waals surface area contributed by atoms with Crippen LogP contribution in [0.15, 0.2) is 52.1 Å². The number of aromatic nitrogens is 3. The van der Waals surface area contributed by atoms with Crippen molar-refractivity contribution in [2.24, 2.45) is 10.2 Å². The molecule has 0 radical (unpaired) electrons. The standard InChI is InChI=1S/C18H13N5S2/c1-11-15(23-9-10-24-18(23)20-11)17-21-14(12-5-3-2-4-6-12)16(25-17)13-7-8-19-22-13/h2-6,8-10H,7H2,1H3. The van der Waals surface area contributed by atoms with E-state index in [2.05, 4.69) is 37.9 Å². The van der Waals surface area contributed by atoms with Crippen molar-refractivity contribution in [2.45, 2.75) is 13.3 Å². The first-order valence-corrected chi connectivity index (χ1v) is 9.58. The topological polar surface area (TPSA) is 54.9 Å². The molecule has 4 aromatic rings. The fourth-order valence-corrected chi connectivity index (χ4v) is 4.91. The molecule has 122 valence electrons. The van der Waals surface area contributed by atoms with Crippen molar-refractivity contribution in [3.63, 3.8) is 0 Å². The molecule has 0 amide bonds. The van der Waals surface area contributed by atoms with Crippen LogP contribution in [0.1, 0.15) is 17.0 Å². The van der Waals surface area contributed by atoms with E-state index in [1.54, 1.807) is 22.7 Å². The number of nitrogens with zero attached hydrogens (tertiary/aromatic N) is 5. The Hall–Kier alpha value is -2.64. The van der Waals surface area contributed by atoms with Gasteiger partial charge in [-0.05, 0) is 6.92 Å². The first-order chi connectivity index (χ1) is 12.3. The maximum absolute atomic E-state index is 4.98. The van der Waals surface area contributed by atoms with Gasteiger partial charge in [0.15, 0.2) is 4.96 Å². The lowest BCUT2D eigenvalue weighted by Crippen LogP contribution is -1.97. The van der Waals surface area contributed by atoms with Gasteiger partial charge in [0.05, 0.1) is 22.0 Å². The van der Waals surface area contributed by atoms with Crippen molar-refractivity contribution < 1.29 is 0 Å².